The molecule has 4 nitrogen and oxygen atoms in total. The predicted octanol–water partition coefficient (Wildman–Crippen LogP) is 19.5. The Morgan fingerprint density at radius 3 is 1.48 bits per heavy atom. The number of fused-ring (bicyclic) bond motifs is 10. The first-order valence-corrected chi connectivity index (χ1v) is 29.4. The second-order valence-corrected chi connectivity index (χ2v) is 28.2. The number of aryl methyl sites for hydroxylation is 6. The van der Waals surface area contributed by atoms with Crippen LogP contribution < -0.4 is 26.2 Å². The van der Waals surface area contributed by atoms with Crippen LogP contribution in [0, 0.1) is 41.5 Å². The third kappa shape index (κ3) is 8.14. The maximum Gasteiger partial charge on any atom is 0.252 e. The van der Waals surface area contributed by atoms with Crippen LogP contribution >= 0.6 is 0 Å². The van der Waals surface area contributed by atoms with Gasteiger partial charge in [0.2, 0.25) is 0 Å². The minimum atomic E-state index is -0.182. The summed E-state index contributed by atoms with van der Waals surface area (Å²) in [6, 6.07) is 56.6. The highest BCUT2D eigenvalue weighted by Gasteiger charge is 2.46. The molecule has 0 unspecified atom stereocenters. The summed E-state index contributed by atoms with van der Waals surface area (Å²) in [6.45, 7) is 42.1. The average molecular weight is 1060 g/mol. The van der Waals surface area contributed by atoms with Crippen molar-refractivity contribution in [2.75, 3.05) is 9.80 Å². The van der Waals surface area contributed by atoms with Crippen molar-refractivity contribution in [2.45, 2.75) is 146 Å². The molecule has 0 saturated heterocycles. The third-order valence-corrected chi connectivity index (χ3v) is 18.2. The fraction of sp³-hybridized carbons (Fsp3) is 0.289. The van der Waals surface area contributed by atoms with Crippen LogP contribution in [-0.2, 0) is 21.7 Å². The summed E-state index contributed by atoms with van der Waals surface area (Å²) in [4.78, 5) is 5.38. The number of hydrogen-bond donors (Lipinski definition) is 0. The van der Waals surface area contributed by atoms with E-state index in [-0.39, 0.29) is 28.4 Å². The lowest BCUT2D eigenvalue weighted by Crippen LogP contribution is -2.61. The number of para-hydroxylation sites is 2. The summed E-state index contributed by atoms with van der Waals surface area (Å²) in [6.07, 6.45) is 0. The van der Waals surface area contributed by atoms with Crippen molar-refractivity contribution in [3.05, 3.63) is 201 Å². The van der Waals surface area contributed by atoms with Gasteiger partial charge in [0.05, 0.1) is 28.1 Å². The Kier molecular flexibility index (Phi) is 11.6. The minimum Gasteiger partial charge on any atom is -0.456 e. The Hall–Kier alpha value is -7.76. The number of furan rings is 1. The van der Waals surface area contributed by atoms with Gasteiger partial charge in [0.15, 0.2) is 0 Å². The summed E-state index contributed by atoms with van der Waals surface area (Å²) in [5.41, 5.74) is 31.8. The van der Waals surface area contributed by atoms with Gasteiger partial charge in [-0.15, -0.1) is 0 Å². The van der Waals surface area contributed by atoms with E-state index in [1.54, 1.807) is 0 Å². The Morgan fingerprint density at radius 2 is 0.864 bits per heavy atom. The van der Waals surface area contributed by atoms with E-state index in [0.717, 1.165) is 21.9 Å². The molecule has 0 spiro atoms. The molecule has 0 fully saturated rings. The fourth-order valence-corrected chi connectivity index (χ4v) is 14.0. The van der Waals surface area contributed by atoms with Gasteiger partial charge in [-0.25, -0.2) is 0 Å². The predicted molar refractivity (Wildman–Crippen MR) is 351 cm³/mol. The average Bonchev–Trinajstić information content (AvgIpc) is 2.32. The molecule has 0 atom stereocenters. The smallest absolute Gasteiger partial charge is 0.252 e. The summed E-state index contributed by atoms with van der Waals surface area (Å²) in [7, 11) is 0. The van der Waals surface area contributed by atoms with E-state index in [0.29, 0.717) is 0 Å². The first-order valence-electron chi connectivity index (χ1n) is 29.4. The monoisotopic (exact) mass is 1060 g/mol. The molecule has 81 heavy (non-hydrogen) atoms. The summed E-state index contributed by atoms with van der Waals surface area (Å²) in [5, 5.41) is 4.86. The third-order valence-electron chi connectivity index (χ3n) is 18.2. The zero-order valence-electron chi connectivity index (χ0n) is 51.2. The lowest BCUT2D eigenvalue weighted by molar-refractivity contribution is 0.589. The zero-order chi connectivity index (χ0) is 57.3. The van der Waals surface area contributed by atoms with Crippen LogP contribution in [0.3, 0.4) is 0 Å². The van der Waals surface area contributed by atoms with E-state index in [1.807, 2.05) is 0 Å². The van der Waals surface area contributed by atoms with Crippen LogP contribution in [0.15, 0.2) is 150 Å². The Bertz CT molecular complexity index is 4410. The molecule has 0 N–H and O–H groups in total. The first kappa shape index (κ1) is 52.6. The molecule has 0 aliphatic carbocycles. The number of rotatable bonds is 4. The molecule has 9 aromatic carbocycles. The first-order chi connectivity index (χ1) is 38.2. The molecule has 0 saturated carbocycles. The maximum atomic E-state index is 6.50. The molecule has 13 rings (SSSR count). The van der Waals surface area contributed by atoms with Gasteiger partial charge in [-0.05, 0) is 207 Å². The van der Waals surface area contributed by atoms with Gasteiger partial charge in [0.25, 0.3) is 6.71 Å². The van der Waals surface area contributed by atoms with Gasteiger partial charge < -0.3 is 18.8 Å². The van der Waals surface area contributed by atoms with Crippen molar-refractivity contribution >= 4 is 101 Å². The highest BCUT2D eigenvalue weighted by Crippen LogP contribution is 2.52. The normalized spacial score (nSPS) is 13.7. The largest absolute Gasteiger partial charge is 0.456 e. The second kappa shape index (κ2) is 17.9. The second-order valence-electron chi connectivity index (χ2n) is 28.2. The molecular weight excluding hydrogens is 982 g/mol. The molecular formula is C76H78BN3O. The Morgan fingerprint density at radius 1 is 0.358 bits per heavy atom. The van der Waals surface area contributed by atoms with Gasteiger partial charge >= 0.3 is 0 Å². The molecule has 0 radical (unpaired) electrons. The molecule has 0 amide bonds. The highest BCUT2D eigenvalue weighted by molar-refractivity contribution is 7.00. The van der Waals surface area contributed by atoms with Gasteiger partial charge in [0.1, 0.15) is 11.2 Å². The lowest BCUT2D eigenvalue weighted by atomic mass is 9.33. The van der Waals surface area contributed by atoms with Crippen molar-refractivity contribution in [2.24, 2.45) is 0 Å². The number of hydrogen-bond acceptors (Lipinski definition) is 3. The topological polar surface area (TPSA) is 24.6 Å². The van der Waals surface area contributed by atoms with Crippen molar-refractivity contribution in [3.8, 4) is 16.8 Å². The van der Waals surface area contributed by atoms with E-state index >= 15 is 0 Å². The maximum absolute atomic E-state index is 6.50. The summed E-state index contributed by atoms with van der Waals surface area (Å²) < 4.78 is 9.09. The number of nitrogens with zero attached hydrogens (tertiary/aromatic N) is 3. The van der Waals surface area contributed by atoms with E-state index in [9.17, 15) is 0 Å². The molecule has 2 aromatic heterocycles. The van der Waals surface area contributed by atoms with Crippen molar-refractivity contribution in [1.82, 2.24) is 4.57 Å². The summed E-state index contributed by atoms with van der Waals surface area (Å²) >= 11 is 0. The zero-order valence-corrected chi connectivity index (χ0v) is 51.2. The molecule has 2 aliphatic heterocycles. The van der Waals surface area contributed by atoms with Crippen LogP contribution in [-0.4, -0.2) is 11.3 Å². The molecule has 0 bridgehead atoms. The molecule has 11 aromatic rings. The standard InChI is InChI=1S/C76H78BN3O/c1-43-23-21-24-44(2)70(43)78-60-31-29-50(73(7,8)9)37-56(60)57-41-59-63(42-62(57)78)80(71-45(3)33-49(34-46(71)4)54-26-22-28-67-68(54)55-25-19-20-27-66(55)81-67)65-40-53(76(16,17)18)39-64-69(65)77(59)58-38-51(74(10,11)12)30-32-61(58)79(64)72-47(5)35-52(36-48(72)6)75(13,14)15/h19-42H,1-18H3. The van der Waals surface area contributed by atoms with Crippen LogP contribution in [0.2, 0.25) is 0 Å². The Labute approximate surface area is 481 Å². The molecule has 5 heteroatoms. The van der Waals surface area contributed by atoms with Crippen molar-refractivity contribution < 1.29 is 4.42 Å². The highest BCUT2D eigenvalue weighted by atomic mass is 16.3. The van der Waals surface area contributed by atoms with Gasteiger partial charge in [-0.2, -0.15) is 0 Å². The van der Waals surface area contributed by atoms with E-state index in [2.05, 4.69) is 285 Å². The van der Waals surface area contributed by atoms with Gasteiger partial charge in [-0.3, -0.25) is 0 Å². The molecule has 2 aliphatic rings. The van der Waals surface area contributed by atoms with Crippen LogP contribution in [0.1, 0.15) is 139 Å². The summed E-state index contributed by atoms with van der Waals surface area (Å²) in [5.74, 6) is 0. The number of anilines is 6. The number of benzene rings is 9. The van der Waals surface area contributed by atoms with Crippen LogP contribution in [0.5, 0.6) is 0 Å². The molecule has 406 valence electrons. The fourth-order valence-electron chi connectivity index (χ4n) is 14.0. The van der Waals surface area contributed by atoms with E-state index in [4.69, 9.17) is 4.42 Å². The lowest BCUT2D eigenvalue weighted by Gasteiger charge is -2.46. The number of aromatic nitrogens is 1. The van der Waals surface area contributed by atoms with E-state index in [1.165, 1.54) is 145 Å². The van der Waals surface area contributed by atoms with Crippen molar-refractivity contribution in [3.63, 3.8) is 0 Å². The van der Waals surface area contributed by atoms with Gasteiger partial charge in [0, 0.05) is 44.3 Å². The molecule has 4 heterocycles. The minimum absolute atomic E-state index is 0.000187. The Balaban J connectivity index is 1.20. The van der Waals surface area contributed by atoms with E-state index < -0.39 is 0 Å². The van der Waals surface area contributed by atoms with Crippen molar-refractivity contribution in [1.29, 1.82) is 0 Å². The SMILES string of the molecule is Cc1cc(C(C)(C)C)cc(C)c1N1c2ccc(C(C)(C)C)cc2B2c3cc4c5cc(C(C)(C)C)ccc5n(-c5c(C)cccc5C)c4cc3N(c3c(C)cc(-c4cccc5oc6ccccc6c45)cc3C)c3cc(C(C)(C)C)cc1c32. The van der Waals surface area contributed by atoms with Crippen LogP contribution in [0.25, 0.3) is 60.6 Å². The quantitative estimate of drug-likeness (QED) is 0.164. The van der Waals surface area contributed by atoms with Gasteiger partial charge in [-0.1, -0.05) is 168 Å². The van der Waals surface area contributed by atoms with Crippen LogP contribution in [0.4, 0.5) is 34.1 Å².